The van der Waals surface area contributed by atoms with E-state index in [2.05, 4.69) is 27.5 Å². The predicted molar refractivity (Wildman–Crippen MR) is 100 cm³/mol. The zero-order valence-electron chi connectivity index (χ0n) is 15.8. The smallest absolute Gasteiger partial charge is 0.245 e. The van der Waals surface area contributed by atoms with Crippen molar-refractivity contribution < 1.29 is 14.3 Å². The number of likely N-dealkylation sites (tertiary alicyclic amines) is 1. The van der Waals surface area contributed by atoms with Gasteiger partial charge in [-0.3, -0.25) is 4.79 Å². The van der Waals surface area contributed by atoms with Gasteiger partial charge in [0, 0.05) is 25.9 Å². The molecule has 0 bridgehead atoms. The number of hydrogen-bond acceptors (Lipinski definition) is 6. The number of rotatable bonds is 5. The summed E-state index contributed by atoms with van der Waals surface area (Å²) in [6.45, 7) is 7.38. The Hall–Kier alpha value is -2.48. The number of nitrogens with zero attached hydrogens (tertiary/aromatic N) is 5. The van der Waals surface area contributed by atoms with Gasteiger partial charge in [-0.2, -0.15) is 4.98 Å². The first-order chi connectivity index (χ1) is 13.2. The standard InChI is InChI=1S/C19H25N5O3/c1-3-15(25)23-8-5-14(11-23)27-19-16-18(20-12-21-19)24(4-2)17(22-16)13-6-9-26-10-7-13/h6,12,14H,3-5,7-11H2,1-2H3. The summed E-state index contributed by atoms with van der Waals surface area (Å²) in [5.74, 6) is 1.57. The second kappa shape index (κ2) is 7.64. The first-order valence-electron chi connectivity index (χ1n) is 9.64. The first kappa shape index (κ1) is 17.9. The van der Waals surface area contributed by atoms with Gasteiger partial charge in [-0.25, -0.2) is 9.97 Å². The predicted octanol–water partition coefficient (Wildman–Crippen LogP) is 2.04. The van der Waals surface area contributed by atoms with Gasteiger partial charge >= 0.3 is 0 Å². The Labute approximate surface area is 158 Å². The van der Waals surface area contributed by atoms with Crippen molar-refractivity contribution in [3.8, 4) is 5.88 Å². The summed E-state index contributed by atoms with van der Waals surface area (Å²) in [7, 11) is 0. The maximum absolute atomic E-state index is 11.9. The van der Waals surface area contributed by atoms with E-state index in [0.29, 0.717) is 37.6 Å². The second-order valence-electron chi connectivity index (χ2n) is 6.81. The van der Waals surface area contributed by atoms with Crippen molar-refractivity contribution in [2.24, 2.45) is 0 Å². The Balaban J connectivity index is 1.63. The largest absolute Gasteiger partial charge is 0.471 e. The van der Waals surface area contributed by atoms with Crippen molar-refractivity contribution >= 4 is 22.6 Å². The molecule has 0 N–H and O–H groups in total. The minimum atomic E-state index is -0.0591. The van der Waals surface area contributed by atoms with E-state index >= 15 is 0 Å². The second-order valence-corrected chi connectivity index (χ2v) is 6.81. The maximum Gasteiger partial charge on any atom is 0.245 e. The fourth-order valence-corrected chi connectivity index (χ4v) is 3.71. The van der Waals surface area contributed by atoms with E-state index in [9.17, 15) is 4.79 Å². The minimum Gasteiger partial charge on any atom is -0.471 e. The fraction of sp³-hybridized carbons (Fsp3) is 0.579. The molecule has 0 aromatic carbocycles. The van der Waals surface area contributed by atoms with Crippen LogP contribution in [0.3, 0.4) is 0 Å². The number of aryl methyl sites for hydroxylation is 1. The number of ether oxygens (including phenoxy) is 2. The summed E-state index contributed by atoms with van der Waals surface area (Å²) < 4.78 is 13.7. The van der Waals surface area contributed by atoms with Crippen LogP contribution in [0.1, 0.15) is 38.9 Å². The summed E-state index contributed by atoms with van der Waals surface area (Å²) in [4.78, 5) is 27.4. The highest BCUT2D eigenvalue weighted by molar-refractivity contribution is 5.80. The lowest BCUT2D eigenvalue weighted by molar-refractivity contribution is -0.130. The minimum absolute atomic E-state index is 0.0591. The van der Waals surface area contributed by atoms with Crippen molar-refractivity contribution in [1.82, 2.24) is 24.4 Å². The number of aromatic nitrogens is 4. The van der Waals surface area contributed by atoms with Crippen LogP contribution in [0.5, 0.6) is 5.88 Å². The highest BCUT2D eigenvalue weighted by Crippen LogP contribution is 2.29. The molecule has 0 saturated carbocycles. The van der Waals surface area contributed by atoms with Gasteiger partial charge in [0.25, 0.3) is 0 Å². The Morgan fingerprint density at radius 1 is 1.37 bits per heavy atom. The zero-order valence-corrected chi connectivity index (χ0v) is 15.8. The fourth-order valence-electron chi connectivity index (χ4n) is 3.71. The number of fused-ring (bicyclic) bond motifs is 1. The third kappa shape index (κ3) is 3.41. The molecular weight excluding hydrogens is 346 g/mol. The van der Waals surface area contributed by atoms with Gasteiger partial charge in [0.1, 0.15) is 18.3 Å². The van der Waals surface area contributed by atoms with E-state index in [-0.39, 0.29) is 12.0 Å². The number of imidazole rings is 1. The van der Waals surface area contributed by atoms with Gasteiger partial charge in [-0.15, -0.1) is 0 Å². The number of amides is 1. The van der Waals surface area contributed by atoms with Crippen molar-refractivity contribution in [3.05, 3.63) is 18.2 Å². The van der Waals surface area contributed by atoms with Crippen molar-refractivity contribution in [3.63, 3.8) is 0 Å². The normalized spacial score (nSPS) is 20.1. The topological polar surface area (TPSA) is 82.4 Å². The van der Waals surface area contributed by atoms with Crippen LogP contribution in [-0.4, -0.2) is 62.7 Å². The van der Waals surface area contributed by atoms with E-state index < -0.39 is 0 Å². The summed E-state index contributed by atoms with van der Waals surface area (Å²) in [5, 5.41) is 0. The molecule has 0 aliphatic carbocycles. The van der Waals surface area contributed by atoms with Crippen LogP contribution in [-0.2, 0) is 16.1 Å². The van der Waals surface area contributed by atoms with Crippen LogP contribution in [0.15, 0.2) is 12.4 Å². The number of carbonyl (C=O) groups excluding carboxylic acids is 1. The molecule has 8 heteroatoms. The van der Waals surface area contributed by atoms with Gasteiger partial charge < -0.3 is 18.9 Å². The molecule has 1 fully saturated rings. The molecule has 27 heavy (non-hydrogen) atoms. The molecule has 4 rings (SSSR count). The monoisotopic (exact) mass is 371 g/mol. The third-order valence-corrected chi connectivity index (χ3v) is 5.14. The highest BCUT2D eigenvalue weighted by atomic mass is 16.5. The van der Waals surface area contributed by atoms with Crippen molar-refractivity contribution in [2.45, 2.75) is 45.8 Å². The number of carbonyl (C=O) groups is 1. The van der Waals surface area contributed by atoms with Crippen molar-refractivity contribution in [1.29, 1.82) is 0 Å². The Bertz CT molecular complexity index is 876. The van der Waals surface area contributed by atoms with Gasteiger partial charge in [-0.05, 0) is 18.9 Å². The molecule has 2 aliphatic rings. The molecule has 1 atom stereocenters. The zero-order chi connectivity index (χ0) is 18.8. The average Bonchev–Trinajstić information content (AvgIpc) is 3.33. The Morgan fingerprint density at radius 3 is 3.00 bits per heavy atom. The summed E-state index contributed by atoms with van der Waals surface area (Å²) >= 11 is 0. The highest BCUT2D eigenvalue weighted by Gasteiger charge is 2.28. The van der Waals surface area contributed by atoms with E-state index in [1.165, 1.54) is 11.9 Å². The molecule has 8 nitrogen and oxygen atoms in total. The lowest BCUT2D eigenvalue weighted by atomic mass is 10.1. The lowest BCUT2D eigenvalue weighted by Gasteiger charge is -2.16. The molecule has 1 saturated heterocycles. The molecule has 2 aliphatic heterocycles. The SMILES string of the molecule is CCC(=O)N1CCC(Oc2ncnc3c2nc(C2=CCOCC2)n3CC)C1. The number of hydrogen-bond donors (Lipinski definition) is 0. The van der Waals surface area contributed by atoms with Gasteiger partial charge in [0.2, 0.25) is 11.8 Å². The molecular formula is C19H25N5O3. The molecule has 2 aromatic heterocycles. The lowest BCUT2D eigenvalue weighted by Crippen LogP contribution is -2.30. The first-order valence-corrected chi connectivity index (χ1v) is 9.64. The molecule has 4 heterocycles. The van der Waals surface area contributed by atoms with Crippen molar-refractivity contribution in [2.75, 3.05) is 26.3 Å². The maximum atomic E-state index is 11.9. The van der Waals surface area contributed by atoms with E-state index in [1.807, 2.05) is 11.8 Å². The van der Waals surface area contributed by atoms with Crippen LogP contribution < -0.4 is 4.74 Å². The summed E-state index contributed by atoms with van der Waals surface area (Å²) in [6, 6.07) is 0. The Morgan fingerprint density at radius 2 is 2.26 bits per heavy atom. The molecule has 2 aromatic rings. The summed E-state index contributed by atoms with van der Waals surface area (Å²) in [5.41, 5.74) is 2.64. The molecule has 144 valence electrons. The van der Waals surface area contributed by atoms with Crippen LogP contribution in [0.2, 0.25) is 0 Å². The quantitative estimate of drug-likeness (QED) is 0.800. The molecule has 0 radical (unpaired) electrons. The van der Waals surface area contributed by atoms with E-state index in [1.54, 1.807) is 0 Å². The summed E-state index contributed by atoms with van der Waals surface area (Å²) in [6.07, 6.45) is 5.71. The van der Waals surface area contributed by atoms with Gasteiger partial charge in [-0.1, -0.05) is 13.0 Å². The van der Waals surface area contributed by atoms with Crippen LogP contribution in [0.25, 0.3) is 16.7 Å². The molecule has 0 spiro atoms. The van der Waals surface area contributed by atoms with Crippen LogP contribution in [0, 0.1) is 0 Å². The average molecular weight is 371 g/mol. The van der Waals surface area contributed by atoms with E-state index in [4.69, 9.17) is 14.5 Å². The molecule has 1 unspecified atom stereocenters. The third-order valence-electron chi connectivity index (χ3n) is 5.14. The Kier molecular flexibility index (Phi) is 5.07. The van der Waals surface area contributed by atoms with Crippen LogP contribution >= 0.6 is 0 Å². The van der Waals surface area contributed by atoms with Crippen LogP contribution in [0.4, 0.5) is 0 Å². The molecule has 1 amide bonds. The van der Waals surface area contributed by atoms with Gasteiger partial charge in [0.15, 0.2) is 11.2 Å². The van der Waals surface area contributed by atoms with E-state index in [0.717, 1.165) is 37.4 Å². The van der Waals surface area contributed by atoms with Gasteiger partial charge in [0.05, 0.1) is 19.8 Å².